The lowest BCUT2D eigenvalue weighted by Gasteiger charge is -2.21. The van der Waals surface area contributed by atoms with Crippen LogP contribution in [0.5, 0.6) is 0 Å². The van der Waals surface area contributed by atoms with Gasteiger partial charge in [0.15, 0.2) is 5.96 Å². The molecule has 3 aliphatic rings. The van der Waals surface area contributed by atoms with Crippen molar-refractivity contribution in [3.05, 3.63) is 0 Å². The molecule has 156 valence electrons. The van der Waals surface area contributed by atoms with Gasteiger partial charge in [0.1, 0.15) is 0 Å². The zero-order valence-electron chi connectivity index (χ0n) is 16.5. The van der Waals surface area contributed by atoms with E-state index in [1.54, 1.807) is 7.05 Å². The third-order valence-electron chi connectivity index (χ3n) is 5.64. The van der Waals surface area contributed by atoms with Crippen LogP contribution in [0.3, 0.4) is 0 Å². The van der Waals surface area contributed by atoms with Crippen molar-refractivity contribution >= 4 is 35.8 Å². The second-order valence-electron chi connectivity index (χ2n) is 7.60. The molecule has 0 aromatic carbocycles. The third-order valence-corrected chi connectivity index (χ3v) is 5.64. The molecule has 0 spiro atoms. The average Bonchev–Trinajstić information content (AvgIpc) is 3.42. The number of halogens is 1. The fourth-order valence-corrected chi connectivity index (χ4v) is 4.13. The molecule has 0 bridgehead atoms. The Morgan fingerprint density at radius 2 is 2.04 bits per heavy atom. The molecule has 0 aromatic rings. The molecule has 8 heteroatoms. The van der Waals surface area contributed by atoms with Crippen LogP contribution in [0, 0.1) is 5.92 Å². The summed E-state index contributed by atoms with van der Waals surface area (Å²) in [5.74, 6) is 1.41. The molecule has 2 atom stereocenters. The standard InChI is InChI=1S/C19H34N4O3.HI/c1-20-19(21-9-12-25-14-17-7-4-11-26-17)22-16-8-10-23(13-16)18(24)15-5-2-3-6-15;/h15-17H,2-14H2,1H3,(H2,20,21,22);1H. The van der Waals surface area contributed by atoms with E-state index in [2.05, 4.69) is 15.6 Å². The summed E-state index contributed by atoms with van der Waals surface area (Å²) in [4.78, 5) is 18.8. The van der Waals surface area contributed by atoms with E-state index in [0.29, 0.717) is 25.7 Å². The Morgan fingerprint density at radius 3 is 2.74 bits per heavy atom. The quantitative estimate of drug-likeness (QED) is 0.244. The van der Waals surface area contributed by atoms with Gasteiger partial charge >= 0.3 is 0 Å². The number of carbonyl (C=O) groups is 1. The molecule has 2 unspecified atom stereocenters. The number of nitrogens with one attached hydrogen (secondary N) is 2. The summed E-state index contributed by atoms with van der Waals surface area (Å²) in [6.45, 7) is 4.53. The first-order chi connectivity index (χ1) is 12.8. The van der Waals surface area contributed by atoms with E-state index < -0.39 is 0 Å². The Labute approximate surface area is 180 Å². The minimum atomic E-state index is 0. The molecular formula is C19H35IN4O3. The fourth-order valence-electron chi connectivity index (χ4n) is 4.13. The molecule has 0 aromatic heterocycles. The lowest BCUT2D eigenvalue weighted by atomic mass is 10.1. The van der Waals surface area contributed by atoms with Crippen LogP contribution in [0.1, 0.15) is 44.9 Å². The number of guanidine groups is 1. The van der Waals surface area contributed by atoms with Crippen LogP contribution in [0.15, 0.2) is 4.99 Å². The van der Waals surface area contributed by atoms with Crippen LogP contribution in [0.2, 0.25) is 0 Å². The summed E-state index contributed by atoms with van der Waals surface area (Å²) in [5.41, 5.74) is 0. The van der Waals surface area contributed by atoms with Crippen LogP contribution in [0.4, 0.5) is 0 Å². The number of hydrogen-bond donors (Lipinski definition) is 2. The van der Waals surface area contributed by atoms with Crippen molar-refractivity contribution in [3.63, 3.8) is 0 Å². The predicted octanol–water partition coefficient (Wildman–Crippen LogP) is 1.76. The topological polar surface area (TPSA) is 75.2 Å². The van der Waals surface area contributed by atoms with Gasteiger partial charge in [0.2, 0.25) is 5.91 Å². The molecule has 3 fully saturated rings. The minimum Gasteiger partial charge on any atom is -0.377 e. The molecule has 7 nitrogen and oxygen atoms in total. The van der Waals surface area contributed by atoms with E-state index in [9.17, 15) is 4.79 Å². The summed E-state index contributed by atoms with van der Waals surface area (Å²) in [6.07, 6.45) is 8.06. The highest BCUT2D eigenvalue weighted by molar-refractivity contribution is 14.0. The van der Waals surface area contributed by atoms with E-state index in [1.807, 2.05) is 4.90 Å². The zero-order chi connectivity index (χ0) is 18.2. The van der Waals surface area contributed by atoms with E-state index in [1.165, 1.54) is 12.8 Å². The Kier molecular flexibility index (Phi) is 10.1. The van der Waals surface area contributed by atoms with Gasteiger partial charge in [-0.25, -0.2) is 0 Å². The summed E-state index contributed by atoms with van der Waals surface area (Å²) in [5, 5.41) is 6.73. The maximum atomic E-state index is 12.5. The van der Waals surface area contributed by atoms with Gasteiger partial charge in [-0.05, 0) is 32.1 Å². The SMILES string of the molecule is CN=C(NCCOCC1CCCO1)NC1CCN(C(=O)C2CCCC2)C1.I. The highest BCUT2D eigenvalue weighted by atomic mass is 127. The first-order valence-corrected chi connectivity index (χ1v) is 10.2. The van der Waals surface area contributed by atoms with Crippen molar-refractivity contribution in [1.82, 2.24) is 15.5 Å². The summed E-state index contributed by atoms with van der Waals surface area (Å²) < 4.78 is 11.2. The van der Waals surface area contributed by atoms with Crippen molar-refractivity contribution in [2.45, 2.75) is 57.1 Å². The van der Waals surface area contributed by atoms with E-state index in [4.69, 9.17) is 9.47 Å². The van der Waals surface area contributed by atoms with Crippen LogP contribution in [0.25, 0.3) is 0 Å². The van der Waals surface area contributed by atoms with Crippen LogP contribution >= 0.6 is 24.0 Å². The molecular weight excluding hydrogens is 459 g/mol. The third kappa shape index (κ3) is 7.05. The number of hydrogen-bond acceptors (Lipinski definition) is 4. The van der Waals surface area contributed by atoms with Gasteiger partial charge in [0, 0.05) is 45.2 Å². The molecule has 1 amide bonds. The number of aliphatic imine (C=N–C) groups is 1. The minimum absolute atomic E-state index is 0. The van der Waals surface area contributed by atoms with E-state index in [-0.39, 0.29) is 42.0 Å². The van der Waals surface area contributed by atoms with Gasteiger partial charge in [-0.1, -0.05) is 12.8 Å². The highest BCUT2D eigenvalue weighted by Crippen LogP contribution is 2.27. The molecule has 1 aliphatic carbocycles. The first kappa shape index (κ1) is 22.7. The van der Waals surface area contributed by atoms with Gasteiger partial charge in [-0.15, -0.1) is 24.0 Å². The molecule has 2 heterocycles. The van der Waals surface area contributed by atoms with Gasteiger partial charge in [-0.3, -0.25) is 9.79 Å². The molecule has 2 saturated heterocycles. The Morgan fingerprint density at radius 1 is 1.22 bits per heavy atom. The van der Waals surface area contributed by atoms with Gasteiger partial charge in [0.05, 0.1) is 19.3 Å². The molecule has 2 aliphatic heterocycles. The second-order valence-corrected chi connectivity index (χ2v) is 7.60. The lowest BCUT2D eigenvalue weighted by molar-refractivity contribution is -0.134. The predicted molar refractivity (Wildman–Crippen MR) is 117 cm³/mol. The molecule has 2 N–H and O–H groups in total. The number of carbonyl (C=O) groups excluding carboxylic acids is 1. The summed E-state index contributed by atoms with van der Waals surface area (Å²) in [6, 6.07) is 0.277. The smallest absolute Gasteiger partial charge is 0.225 e. The normalized spacial score (nSPS) is 26.3. The van der Waals surface area contributed by atoms with Gasteiger partial charge in [-0.2, -0.15) is 0 Å². The number of amides is 1. The van der Waals surface area contributed by atoms with Crippen molar-refractivity contribution < 1.29 is 14.3 Å². The van der Waals surface area contributed by atoms with Crippen LogP contribution < -0.4 is 10.6 Å². The number of ether oxygens (including phenoxy) is 2. The molecule has 1 saturated carbocycles. The largest absolute Gasteiger partial charge is 0.377 e. The number of rotatable bonds is 7. The van der Waals surface area contributed by atoms with E-state index in [0.717, 1.165) is 57.8 Å². The molecule has 3 rings (SSSR count). The van der Waals surface area contributed by atoms with Gasteiger partial charge in [0.25, 0.3) is 0 Å². The Balaban J connectivity index is 0.00000261. The molecule has 27 heavy (non-hydrogen) atoms. The second kappa shape index (κ2) is 12.1. The highest BCUT2D eigenvalue weighted by Gasteiger charge is 2.32. The zero-order valence-corrected chi connectivity index (χ0v) is 18.8. The lowest BCUT2D eigenvalue weighted by Crippen LogP contribution is -2.46. The van der Waals surface area contributed by atoms with E-state index >= 15 is 0 Å². The monoisotopic (exact) mass is 494 g/mol. The fraction of sp³-hybridized carbons (Fsp3) is 0.895. The van der Waals surface area contributed by atoms with Crippen molar-refractivity contribution in [1.29, 1.82) is 0 Å². The maximum absolute atomic E-state index is 12.5. The summed E-state index contributed by atoms with van der Waals surface area (Å²) >= 11 is 0. The summed E-state index contributed by atoms with van der Waals surface area (Å²) in [7, 11) is 1.78. The van der Waals surface area contributed by atoms with Crippen LogP contribution in [-0.2, 0) is 14.3 Å². The number of nitrogens with zero attached hydrogens (tertiary/aromatic N) is 2. The van der Waals surface area contributed by atoms with Crippen LogP contribution in [-0.4, -0.2) is 75.4 Å². The number of likely N-dealkylation sites (tertiary alicyclic amines) is 1. The Bertz CT molecular complexity index is 480. The van der Waals surface area contributed by atoms with Crippen molar-refractivity contribution in [2.75, 3.05) is 46.5 Å². The van der Waals surface area contributed by atoms with Crippen molar-refractivity contribution in [3.8, 4) is 0 Å². The molecule has 0 radical (unpaired) electrons. The first-order valence-electron chi connectivity index (χ1n) is 10.2. The van der Waals surface area contributed by atoms with Gasteiger partial charge < -0.3 is 25.0 Å². The Hall–Kier alpha value is -0.610. The average molecular weight is 494 g/mol. The maximum Gasteiger partial charge on any atom is 0.225 e. The van der Waals surface area contributed by atoms with Crippen molar-refractivity contribution in [2.24, 2.45) is 10.9 Å².